The predicted octanol–water partition coefficient (Wildman–Crippen LogP) is -2.96. The smallest absolute Gasteiger partial charge is 0.314 e. The van der Waals surface area contributed by atoms with Crippen LogP contribution in [0.3, 0.4) is 0 Å². The number of cyclic esters (lactones) is 2. The minimum Gasteiger partial charge on any atom is -0.393 e. The zero-order chi connectivity index (χ0) is 12.8. The number of ether oxygens (including phenoxy) is 1. The van der Waals surface area contributed by atoms with Crippen LogP contribution in [-0.4, -0.2) is 30.3 Å². The fourth-order valence-electron chi connectivity index (χ4n) is 0.863. The van der Waals surface area contributed by atoms with Crippen LogP contribution in [0.1, 0.15) is 19.3 Å². The topological polar surface area (TPSA) is 173 Å². The molecule has 1 aliphatic heterocycles. The molecule has 0 spiro atoms. The lowest BCUT2D eigenvalue weighted by atomic mass is 10.1. The lowest BCUT2D eigenvalue weighted by molar-refractivity contribution is -0.151. The Morgan fingerprint density at radius 3 is 1.75 bits per heavy atom. The minimum absolute atomic E-state index is 0.263. The molecule has 10 N–H and O–H groups in total. The predicted molar refractivity (Wildman–Crippen MR) is 57.3 cm³/mol. The van der Waals surface area contributed by atoms with Crippen LogP contribution < -0.4 is 28.7 Å². The van der Waals surface area contributed by atoms with Crippen LogP contribution in [0.5, 0.6) is 0 Å². The van der Waals surface area contributed by atoms with Gasteiger partial charge in [-0.2, -0.15) is 0 Å². The summed E-state index contributed by atoms with van der Waals surface area (Å²) in [6, 6.07) is -0.428. The Balaban J connectivity index is 0.000000288. The highest BCUT2D eigenvalue weighted by atomic mass is 16.6. The van der Waals surface area contributed by atoms with Gasteiger partial charge >= 0.3 is 11.9 Å². The van der Waals surface area contributed by atoms with Crippen molar-refractivity contribution < 1.29 is 14.3 Å². The first-order valence-electron chi connectivity index (χ1n) is 4.83. The van der Waals surface area contributed by atoms with E-state index < -0.39 is 23.8 Å². The van der Waals surface area contributed by atoms with Gasteiger partial charge in [-0.25, -0.2) is 0 Å². The number of rotatable bonds is 3. The second-order valence-electron chi connectivity index (χ2n) is 3.53. The van der Waals surface area contributed by atoms with Gasteiger partial charge in [-0.15, -0.1) is 0 Å². The van der Waals surface area contributed by atoms with Gasteiger partial charge < -0.3 is 16.2 Å². The van der Waals surface area contributed by atoms with Gasteiger partial charge in [0.15, 0.2) is 0 Å². The molecular weight excluding hydrogens is 214 g/mol. The molecule has 8 heteroatoms. The zero-order valence-electron chi connectivity index (χ0n) is 9.02. The zero-order valence-corrected chi connectivity index (χ0v) is 9.02. The monoisotopic (exact) mass is 233 g/mol. The first kappa shape index (κ1) is 14.9. The summed E-state index contributed by atoms with van der Waals surface area (Å²) in [5.41, 5.74) is 26.3. The first-order valence-corrected chi connectivity index (χ1v) is 4.83. The largest absolute Gasteiger partial charge is 0.393 e. The summed E-state index contributed by atoms with van der Waals surface area (Å²) in [5, 5.41) is 0. The van der Waals surface area contributed by atoms with Gasteiger partial charge in [0.05, 0.1) is 18.9 Å². The van der Waals surface area contributed by atoms with Crippen LogP contribution >= 0.6 is 0 Å². The van der Waals surface area contributed by atoms with E-state index in [-0.39, 0.29) is 12.8 Å². The average Bonchev–Trinajstić information content (AvgIpc) is 2.50. The van der Waals surface area contributed by atoms with Crippen molar-refractivity contribution in [2.45, 2.75) is 31.1 Å². The summed E-state index contributed by atoms with van der Waals surface area (Å²) >= 11 is 0. The Kier molecular flexibility index (Phi) is 6.08. The van der Waals surface area contributed by atoms with E-state index >= 15 is 0 Å². The second-order valence-corrected chi connectivity index (χ2v) is 3.53. The summed E-state index contributed by atoms with van der Waals surface area (Å²) in [6.45, 7) is 0.453. The molecule has 0 amide bonds. The van der Waals surface area contributed by atoms with Crippen LogP contribution in [0.25, 0.3) is 0 Å². The number of carbonyl (C=O) groups is 2. The number of hydrogen-bond acceptors (Lipinski definition) is 8. The molecule has 1 rings (SSSR count). The molecule has 1 unspecified atom stereocenters. The lowest BCUT2D eigenvalue weighted by Crippen LogP contribution is -2.69. The van der Waals surface area contributed by atoms with E-state index in [4.69, 9.17) is 28.7 Å². The maximum absolute atomic E-state index is 10.0. The molecular formula is C8H19N5O3. The Labute approximate surface area is 93.4 Å². The fraction of sp³-hybridized carbons (Fsp3) is 0.750. The van der Waals surface area contributed by atoms with Crippen molar-refractivity contribution >= 4 is 11.9 Å². The molecule has 1 heterocycles. The van der Waals surface area contributed by atoms with Crippen LogP contribution in [0.4, 0.5) is 0 Å². The van der Waals surface area contributed by atoms with Crippen LogP contribution in [0.2, 0.25) is 0 Å². The van der Waals surface area contributed by atoms with Crippen molar-refractivity contribution in [1.29, 1.82) is 0 Å². The van der Waals surface area contributed by atoms with E-state index in [9.17, 15) is 9.59 Å². The Morgan fingerprint density at radius 1 is 1.19 bits per heavy atom. The molecule has 1 saturated heterocycles. The Hall–Kier alpha value is -1.06. The van der Waals surface area contributed by atoms with Gasteiger partial charge in [-0.1, -0.05) is 0 Å². The number of hydrogen-bond donors (Lipinski definition) is 5. The Morgan fingerprint density at radius 2 is 1.62 bits per heavy atom. The number of carbonyl (C=O) groups excluding carboxylic acids is 2. The minimum atomic E-state index is -1.29. The Bertz CT molecular complexity index is 237. The molecule has 16 heavy (non-hydrogen) atoms. The van der Waals surface area contributed by atoms with Gasteiger partial charge in [0.2, 0.25) is 0 Å². The second kappa shape index (κ2) is 6.51. The molecule has 0 aromatic carbocycles. The third-order valence-electron chi connectivity index (χ3n) is 1.88. The molecule has 0 saturated carbocycles. The molecule has 0 aliphatic carbocycles. The molecule has 0 aromatic heterocycles. The summed E-state index contributed by atoms with van der Waals surface area (Å²) in [6.07, 6.45) is 1.07. The van der Waals surface area contributed by atoms with E-state index in [1.807, 2.05) is 0 Å². The van der Waals surface area contributed by atoms with Gasteiger partial charge in [0.25, 0.3) is 0 Å². The quantitative estimate of drug-likeness (QED) is 0.195. The molecule has 94 valence electrons. The fourth-order valence-corrected chi connectivity index (χ4v) is 0.863. The van der Waals surface area contributed by atoms with Crippen LogP contribution in [-0.2, 0) is 14.3 Å². The van der Waals surface area contributed by atoms with E-state index in [1.165, 1.54) is 0 Å². The van der Waals surface area contributed by atoms with Crippen molar-refractivity contribution in [2.24, 2.45) is 28.7 Å². The third kappa shape index (κ3) is 6.43. The summed E-state index contributed by atoms with van der Waals surface area (Å²) < 4.78 is 4.08. The van der Waals surface area contributed by atoms with E-state index in [1.54, 1.807) is 0 Å². The maximum Gasteiger partial charge on any atom is 0.314 e. The van der Waals surface area contributed by atoms with Gasteiger partial charge in [-0.05, 0) is 13.0 Å². The van der Waals surface area contributed by atoms with E-state index in [0.29, 0.717) is 13.0 Å². The molecule has 0 bridgehead atoms. The highest BCUT2D eigenvalue weighted by Crippen LogP contribution is 2.03. The van der Waals surface area contributed by atoms with E-state index in [2.05, 4.69) is 4.74 Å². The SMILES string of the molecule is NCCC(N)C(N)(N)N.O=C1CCC(=O)O1. The van der Waals surface area contributed by atoms with Crippen LogP contribution in [0.15, 0.2) is 0 Å². The number of nitrogens with two attached hydrogens (primary N) is 5. The molecule has 1 aliphatic rings. The highest BCUT2D eigenvalue weighted by Gasteiger charge is 2.21. The average molecular weight is 233 g/mol. The van der Waals surface area contributed by atoms with Crippen LogP contribution in [0, 0.1) is 0 Å². The summed E-state index contributed by atoms with van der Waals surface area (Å²) in [7, 11) is 0. The van der Waals surface area contributed by atoms with Crippen molar-refractivity contribution in [3.63, 3.8) is 0 Å². The maximum atomic E-state index is 10.0. The molecule has 0 aromatic rings. The summed E-state index contributed by atoms with van der Waals surface area (Å²) in [5.74, 6) is -2.09. The molecule has 1 atom stereocenters. The van der Waals surface area contributed by atoms with Gasteiger partial charge in [0.1, 0.15) is 5.79 Å². The van der Waals surface area contributed by atoms with Gasteiger partial charge in [-0.3, -0.25) is 26.8 Å². The van der Waals surface area contributed by atoms with Crippen molar-refractivity contribution in [2.75, 3.05) is 6.54 Å². The summed E-state index contributed by atoms with van der Waals surface area (Å²) in [4.78, 5) is 20.0. The normalized spacial score (nSPS) is 17.6. The van der Waals surface area contributed by atoms with Crippen molar-refractivity contribution in [3.05, 3.63) is 0 Å². The lowest BCUT2D eigenvalue weighted by Gasteiger charge is -2.25. The molecule has 1 fully saturated rings. The highest BCUT2D eigenvalue weighted by molar-refractivity contribution is 5.92. The van der Waals surface area contributed by atoms with Crippen molar-refractivity contribution in [3.8, 4) is 0 Å². The van der Waals surface area contributed by atoms with E-state index in [0.717, 1.165) is 0 Å². The first-order chi connectivity index (χ1) is 7.27. The standard InChI is InChI=1S/C4H15N5.C4H4O3/c5-2-1-3(6)4(7,8)9;5-3-1-2-4(6)7-3/h3H,1-2,5-9H2;1-2H2. The number of esters is 2. The molecule has 8 nitrogen and oxygen atoms in total. The molecule has 0 radical (unpaired) electrons. The third-order valence-corrected chi connectivity index (χ3v) is 1.88. The van der Waals surface area contributed by atoms with Gasteiger partial charge in [0, 0.05) is 0 Å². The van der Waals surface area contributed by atoms with Crippen molar-refractivity contribution in [1.82, 2.24) is 0 Å².